The number of hydrogen-bond donors (Lipinski definition) is 1. The highest BCUT2D eigenvalue weighted by Gasteiger charge is 2.23. The smallest absolute Gasteiger partial charge is 0.165 e. The Labute approximate surface area is 133 Å². The van der Waals surface area contributed by atoms with Crippen LogP contribution in [0.1, 0.15) is 30.6 Å². The van der Waals surface area contributed by atoms with Crippen molar-refractivity contribution in [2.24, 2.45) is 5.73 Å². The van der Waals surface area contributed by atoms with Crippen LogP contribution < -0.4 is 10.5 Å². The zero-order valence-corrected chi connectivity index (χ0v) is 13.7. The minimum atomic E-state index is -0.401. The molecule has 112 valence electrons. The Morgan fingerprint density at radius 3 is 2.62 bits per heavy atom. The van der Waals surface area contributed by atoms with Crippen LogP contribution in [0.5, 0.6) is 5.75 Å². The molecule has 2 unspecified atom stereocenters. The maximum Gasteiger partial charge on any atom is 0.165 e. The molecule has 2 rings (SSSR count). The van der Waals surface area contributed by atoms with Crippen molar-refractivity contribution >= 4 is 15.9 Å². The number of ether oxygens (including phenoxy) is 1. The lowest BCUT2D eigenvalue weighted by Crippen LogP contribution is -2.32. The molecular weight excluding hydrogens is 333 g/mol. The first-order valence-electron chi connectivity index (χ1n) is 6.95. The van der Waals surface area contributed by atoms with Crippen molar-refractivity contribution in [2.45, 2.75) is 32.4 Å². The standard InChI is InChI=1S/C17H19BrFNO/c1-3-15(20)17(12-6-4-5-7-13(12)18)21-16-10-11(2)8-9-14(16)19/h4-10,15,17H,3,20H2,1-2H3. The molecule has 2 nitrogen and oxygen atoms in total. The number of benzene rings is 2. The third-order valence-electron chi connectivity index (χ3n) is 3.41. The monoisotopic (exact) mass is 351 g/mol. The van der Waals surface area contributed by atoms with Crippen LogP contribution in [0, 0.1) is 12.7 Å². The Bertz CT molecular complexity index is 617. The Hall–Kier alpha value is -1.39. The topological polar surface area (TPSA) is 35.2 Å². The summed E-state index contributed by atoms with van der Waals surface area (Å²) in [7, 11) is 0. The van der Waals surface area contributed by atoms with Crippen LogP contribution in [0.25, 0.3) is 0 Å². The quantitative estimate of drug-likeness (QED) is 0.843. The van der Waals surface area contributed by atoms with Crippen LogP contribution >= 0.6 is 15.9 Å². The second kappa shape index (κ2) is 7.05. The van der Waals surface area contributed by atoms with Gasteiger partial charge in [0.1, 0.15) is 6.10 Å². The lowest BCUT2D eigenvalue weighted by molar-refractivity contribution is 0.163. The van der Waals surface area contributed by atoms with Crippen molar-refractivity contribution in [3.63, 3.8) is 0 Å². The van der Waals surface area contributed by atoms with E-state index in [1.54, 1.807) is 12.1 Å². The summed E-state index contributed by atoms with van der Waals surface area (Å²) >= 11 is 3.51. The second-order valence-corrected chi connectivity index (χ2v) is 5.92. The van der Waals surface area contributed by atoms with E-state index >= 15 is 0 Å². The number of halogens is 2. The van der Waals surface area contributed by atoms with Gasteiger partial charge >= 0.3 is 0 Å². The Balaban J connectivity index is 2.38. The summed E-state index contributed by atoms with van der Waals surface area (Å²) in [6, 6.07) is 12.3. The van der Waals surface area contributed by atoms with Gasteiger partial charge in [-0.3, -0.25) is 0 Å². The van der Waals surface area contributed by atoms with Crippen LogP contribution in [0.15, 0.2) is 46.9 Å². The minimum absolute atomic E-state index is 0.219. The van der Waals surface area contributed by atoms with Crippen molar-refractivity contribution < 1.29 is 9.13 Å². The lowest BCUT2D eigenvalue weighted by atomic mass is 10.0. The molecule has 0 heterocycles. The lowest BCUT2D eigenvalue weighted by Gasteiger charge is -2.26. The van der Waals surface area contributed by atoms with Gasteiger partial charge in [0.05, 0.1) is 0 Å². The van der Waals surface area contributed by atoms with E-state index in [0.717, 1.165) is 22.0 Å². The zero-order chi connectivity index (χ0) is 15.4. The maximum absolute atomic E-state index is 13.9. The van der Waals surface area contributed by atoms with E-state index in [4.69, 9.17) is 10.5 Å². The summed E-state index contributed by atoms with van der Waals surface area (Å²) in [5.74, 6) is -0.138. The van der Waals surface area contributed by atoms with Crippen LogP contribution in [0.3, 0.4) is 0 Å². The van der Waals surface area contributed by atoms with Gasteiger partial charge in [0.25, 0.3) is 0 Å². The predicted octanol–water partition coefficient (Wildman–Crippen LogP) is 4.75. The van der Waals surface area contributed by atoms with Crippen molar-refractivity contribution in [2.75, 3.05) is 0 Å². The van der Waals surface area contributed by atoms with E-state index in [1.165, 1.54) is 6.07 Å². The SMILES string of the molecule is CCC(N)C(Oc1cc(C)ccc1F)c1ccccc1Br. The van der Waals surface area contributed by atoms with E-state index in [9.17, 15) is 4.39 Å². The largest absolute Gasteiger partial charge is 0.481 e. The number of hydrogen-bond acceptors (Lipinski definition) is 2. The molecule has 4 heteroatoms. The van der Waals surface area contributed by atoms with Crippen LogP contribution in [0.2, 0.25) is 0 Å². The van der Waals surface area contributed by atoms with E-state index in [-0.39, 0.29) is 17.6 Å². The molecule has 0 fully saturated rings. The van der Waals surface area contributed by atoms with Gasteiger partial charge in [0.15, 0.2) is 11.6 Å². The average molecular weight is 352 g/mol. The van der Waals surface area contributed by atoms with Gasteiger partial charge in [-0.15, -0.1) is 0 Å². The Morgan fingerprint density at radius 2 is 1.95 bits per heavy atom. The molecule has 0 aliphatic heterocycles. The highest BCUT2D eigenvalue weighted by molar-refractivity contribution is 9.10. The molecule has 0 saturated carbocycles. The van der Waals surface area contributed by atoms with Crippen LogP contribution in [0.4, 0.5) is 4.39 Å². The fourth-order valence-corrected chi connectivity index (χ4v) is 2.65. The van der Waals surface area contributed by atoms with Crippen molar-refractivity contribution in [3.8, 4) is 5.75 Å². The first-order valence-corrected chi connectivity index (χ1v) is 7.75. The third kappa shape index (κ3) is 3.83. The van der Waals surface area contributed by atoms with Gasteiger partial charge in [-0.25, -0.2) is 4.39 Å². The molecular formula is C17H19BrFNO. The van der Waals surface area contributed by atoms with Crippen molar-refractivity contribution in [1.82, 2.24) is 0 Å². The van der Waals surface area contributed by atoms with E-state index in [1.807, 2.05) is 38.1 Å². The van der Waals surface area contributed by atoms with Crippen LogP contribution in [-0.2, 0) is 0 Å². The minimum Gasteiger partial charge on any atom is -0.481 e. The van der Waals surface area contributed by atoms with Gasteiger partial charge < -0.3 is 10.5 Å². The summed E-state index contributed by atoms with van der Waals surface area (Å²) in [4.78, 5) is 0. The molecule has 0 bridgehead atoms. The van der Waals surface area contributed by atoms with E-state index in [2.05, 4.69) is 15.9 Å². The molecule has 0 aliphatic rings. The first-order chi connectivity index (χ1) is 10.0. The second-order valence-electron chi connectivity index (χ2n) is 5.07. The summed E-state index contributed by atoms with van der Waals surface area (Å²) in [5.41, 5.74) is 8.06. The van der Waals surface area contributed by atoms with Gasteiger partial charge in [-0.1, -0.05) is 47.1 Å². The fraction of sp³-hybridized carbons (Fsp3) is 0.294. The van der Waals surface area contributed by atoms with Gasteiger partial charge in [-0.2, -0.15) is 0 Å². The summed E-state index contributed by atoms with van der Waals surface area (Å²) in [5, 5.41) is 0. The van der Waals surface area contributed by atoms with Crippen molar-refractivity contribution in [1.29, 1.82) is 0 Å². The highest BCUT2D eigenvalue weighted by Crippen LogP contribution is 2.32. The molecule has 2 atom stereocenters. The van der Waals surface area contributed by atoms with Gasteiger partial charge in [0.2, 0.25) is 0 Å². The van der Waals surface area contributed by atoms with E-state index in [0.29, 0.717) is 0 Å². The van der Waals surface area contributed by atoms with Gasteiger partial charge in [-0.05, 0) is 37.1 Å². The highest BCUT2D eigenvalue weighted by atomic mass is 79.9. The Kier molecular flexibility index (Phi) is 5.37. The summed E-state index contributed by atoms with van der Waals surface area (Å²) in [6.45, 7) is 3.89. The predicted molar refractivity (Wildman–Crippen MR) is 86.9 cm³/mol. The Morgan fingerprint density at radius 1 is 1.24 bits per heavy atom. The number of nitrogens with two attached hydrogens (primary N) is 1. The summed E-state index contributed by atoms with van der Waals surface area (Å²) in [6.07, 6.45) is 0.335. The number of rotatable bonds is 5. The van der Waals surface area contributed by atoms with Crippen LogP contribution in [-0.4, -0.2) is 6.04 Å². The molecule has 0 aromatic heterocycles. The molecule has 2 N–H and O–H groups in total. The molecule has 0 aliphatic carbocycles. The normalized spacial score (nSPS) is 13.8. The third-order valence-corrected chi connectivity index (χ3v) is 4.13. The molecule has 2 aromatic rings. The van der Waals surface area contributed by atoms with Gasteiger partial charge in [0, 0.05) is 16.1 Å². The first kappa shape index (κ1) is 16.0. The fourth-order valence-electron chi connectivity index (χ4n) is 2.14. The number of aryl methyl sites for hydroxylation is 1. The zero-order valence-electron chi connectivity index (χ0n) is 12.1. The molecule has 21 heavy (non-hydrogen) atoms. The summed E-state index contributed by atoms with van der Waals surface area (Å²) < 4.78 is 20.8. The molecule has 0 spiro atoms. The molecule has 0 saturated heterocycles. The average Bonchev–Trinajstić information content (AvgIpc) is 2.48. The molecule has 0 radical (unpaired) electrons. The van der Waals surface area contributed by atoms with Crippen molar-refractivity contribution in [3.05, 3.63) is 63.9 Å². The van der Waals surface area contributed by atoms with E-state index < -0.39 is 6.10 Å². The maximum atomic E-state index is 13.9. The molecule has 2 aromatic carbocycles. The molecule has 0 amide bonds.